The molecular formula is C29H32N2O7. The second-order valence-electron chi connectivity index (χ2n) is 10.8. The monoisotopic (exact) mass is 520 g/mol. The number of phenols is 1. The average molecular weight is 521 g/mol. The molecule has 4 aliphatic rings. The molecule has 1 amide bonds. The maximum Gasteiger partial charge on any atom is 0.312 e. The van der Waals surface area contributed by atoms with Crippen molar-refractivity contribution in [3.8, 4) is 11.5 Å². The largest absolute Gasteiger partial charge is 0.504 e. The number of hydrogen-bond acceptors (Lipinski definition) is 8. The molecule has 4 N–H and O–H groups in total. The minimum Gasteiger partial charge on any atom is -0.504 e. The molecule has 0 radical (unpaired) electrons. The van der Waals surface area contributed by atoms with E-state index in [1.165, 1.54) is 0 Å². The molecule has 2 aromatic carbocycles. The van der Waals surface area contributed by atoms with Crippen molar-refractivity contribution in [2.24, 2.45) is 0 Å². The highest BCUT2D eigenvalue weighted by molar-refractivity contribution is 5.82. The zero-order valence-electron chi connectivity index (χ0n) is 21.2. The number of hydrogen-bond donors (Lipinski definition) is 4. The van der Waals surface area contributed by atoms with Gasteiger partial charge in [-0.1, -0.05) is 36.4 Å². The van der Waals surface area contributed by atoms with E-state index >= 15 is 0 Å². The van der Waals surface area contributed by atoms with Gasteiger partial charge in [0.05, 0.1) is 17.4 Å². The Morgan fingerprint density at radius 1 is 1.24 bits per heavy atom. The van der Waals surface area contributed by atoms with Crippen LogP contribution in [0.5, 0.6) is 11.5 Å². The van der Waals surface area contributed by atoms with Crippen LogP contribution in [-0.4, -0.2) is 70.0 Å². The van der Waals surface area contributed by atoms with Crippen LogP contribution in [0.4, 0.5) is 0 Å². The first-order valence-corrected chi connectivity index (χ1v) is 13.1. The number of carbonyl (C=O) groups is 2. The van der Waals surface area contributed by atoms with Gasteiger partial charge in [0.15, 0.2) is 23.7 Å². The van der Waals surface area contributed by atoms with Gasteiger partial charge < -0.3 is 35.0 Å². The van der Waals surface area contributed by atoms with Crippen LogP contribution in [0.25, 0.3) is 0 Å². The van der Waals surface area contributed by atoms with Crippen LogP contribution in [0, 0.1) is 0 Å². The van der Waals surface area contributed by atoms with Gasteiger partial charge in [0.1, 0.15) is 5.76 Å². The molecule has 5 atom stereocenters. The highest BCUT2D eigenvalue weighted by Gasteiger charge is 2.71. The summed E-state index contributed by atoms with van der Waals surface area (Å²) in [5.74, 6) is -0.466. The van der Waals surface area contributed by atoms with Gasteiger partial charge in [-0.15, -0.1) is 0 Å². The summed E-state index contributed by atoms with van der Waals surface area (Å²) in [6.07, 6.45) is 1.92. The van der Waals surface area contributed by atoms with Gasteiger partial charge in [0, 0.05) is 24.6 Å². The summed E-state index contributed by atoms with van der Waals surface area (Å²) in [6.45, 7) is 0.813. The van der Waals surface area contributed by atoms with E-state index in [-0.39, 0.29) is 24.8 Å². The topological polar surface area (TPSA) is 129 Å². The molecule has 2 aromatic rings. The maximum atomic E-state index is 12.8. The van der Waals surface area contributed by atoms with Gasteiger partial charge in [-0.25, -0.2) is 0 Å². The van der Waals surface area contributed by atoms with Crippen LogP contribution in [0.3, 0.4) is 0 Å². The van der Waals surface area contributed by atoms with Crippen LogP contribution in [0.1, 0.15) is 48.5 Å². The van der Waals surface area contributed by atoms with Crippen LogP contribution in [0.2, 0.25) is 0 Å². The molecule has 0 saturated carbocycles. The summed E-state index contributed by atoms with van der Waals surface area (Å²) in [5, 5.41) is 35.8. The van der Waals surface area contributed by atoms with E-state index in [2.05, 4.69) is 10.2 Å². The number of phenolic OH excluding ortho intramolecular Hbond substituents is 1. The Labute approximate surface area is 220 Å². The summed E-state index contributed by atoms with van der Waals surface area (Å²) in [7, 11) is 2.03. The number of nitrogens with one attached hydrogen (secondary N) is 1. The number of amides is 1. The molecule has 0 unspecified atom stereocenters. The number of benzene rings is 2. The van der Waals surface area contributed by atoms with Crippen molar-refractivity contribution in [3.63, 3.8) is 0 Å². The Morgan fingerprint density at radius 3 is 2.82 bits per heavy atom. The fraction of sp³-hybridized carbons (Fsp3) is 0.448. The molecule has 2 bridgehead atoms. The third-order valence-corrected chi connectivity index (χ3v) is 8.80. The quantitative estimate of drug-likeness (QED) is 0.425. The maximum absolute atomic E-state index is 12.8. The average Bonchev–Trinajstić information content (AvgIpc) is 3.25. The standard InChI is InChI=1S/C29H32N2O7/c1-31-15-5-12-28-23-18-8-9-19(32)25(23)38-26(28)20(10-13-29(28,36)21(31)16-18)37-22(33)11-14-30-27(35)24(34)17-6-3-2-4-7-17/h2-4,6-10,21,24,26,32,34,36H,5,11-16H2,1H3,(H,30,35)/t21-,24+,26+,28+,29-/m1/s1. The number of ether oxygens (including phenoxy) is 2. The molecule has 2 heterocycles. The lowest BCUT2D eigenvalue weighted by Crippen LogP contribution is -2.69. The van der Waals surface area contributed by atoms with Crippen molar-refractivity contribution in [2.75, 3.05) is 20.1 Å². The summed E-state index contributed by atoms with van der Waals surface area (Å²) in [5.41, 5.74) is 0.345. The van der Waals surface area contributed by atoms with E-state index in [0.29, 0.717) is 36.3 Å². The van der Waals surface area contributed by atoms with E-state index in [4.69, 9.17) is 9.47 Å². The van der Waals surface area contributed by atoms with Gasteiger partial charge in [-0.3, -0.25) is 9.59 Å². The number of esters is 1. The summed E-state index contributed by atoms with van der Waals surface area (Å²) in [6, 6.07) is 11.9. The first-order valence-electron chi connectivity index (χ1n) is 13.1. The highest BCUT2D eigenvalue weighted by Crippen LogP contribution is 2.64. The molecule has 1 saturated heterocycles. The van der Waals surface area contributed by atoms with E-state index in [0.717, 1.165) is 24.1 Å². The third-order valence-electron chi connectivity index (χ3n) is 8.80. The Morgan fingerprint density at radius 2 is 2.03 bits per heavy atom. The van der Waals surface area contributed by atoms with Gasteiger partial charge in [-0.05, 0) is 56.1 Å². The molecule has 1 fully saturated rings. The first kappa shape index (κ1) is 24.9. The number of likely N-dealkylation sites (tertiary alicyclic amines) is 1. The Hall–Kier alpha value is -3.40. The third kappa shape index (κ3) is 3.56. The molecule has 2 aliphatic carbocycles. The highest BCUT2D eigenvalue weighted by atomic mass is 16.6. The fourth-order valence-electron chi connectivity index (χ4n) is 7.05. The summed E-state index contributed by atoms with van der Waals surface area (Å²) in [4.78, 5) is 27.4. The van der Waals surface area contributed by atoms with Gasteiger partial charge in [-0.2, -0.15) is 0 Å². The molecule has 6 rings (SSSR count). The van der Waals surface area contributed by atoms with E-state index in [1.807, 2.05) is 13.1 Å². The molecule has 200 valence electrons. The minimum atomic E-state index is -1.33. The Bertz CT molecular complexity index is 1310. The fourth-order valence-corrected chi connectivity index (χ4v) is 7.05. The van der Waals surface area contributed by atoms with E-state index < -0.39 is 35.1 Å². The molecule has 0 aromatic heterocycles. The van der Waals surface area contributed by atoms with Gasteiger partial charge in [0.2, 0.25) is 0 Å². The smallest absolute Gasteiger partial charge is 0.312 e. The lowest BCUT2D eigenvalue weighted by atomic mass is 9.52. The van der Waals surface area contributed by atoms with Crippen molar-refractivity contribution in [1.29, 1.82) is 0 Å². The molecular weight excluding hydrogens is 488 g/mol. The first-order chi connectivity index (χ1) is 18.3. The number of likely N-dealkylation sites (N-methyl/N-ethyl adjacent to an activating group) is 1. The van der Waals surface area contributed by atoms with Crippen molar-refractivity contribution < 1.29 is 34.4 Å². The second-order valence-corrected chi connectivity index (χ2v) is 10.8. The van der Waals surface area contributed by atoms with Crippen molar-refractivity contribution >= 4 is 11.9 Å². The number of carbonyl (C=O) groups excluding carboxylic acids is 2. The van der Waals surface area contributed by atoms with Crippen LogP contribution in [-0.2, 0) is 26.2 Å². The van der Waals surface area contributed by atoms with Crippen molar-refractivity contribution in [3.05, 3.63) is 71.0 Å². The number of aliphatic hydroxyl groups is 2. The molecule has 38 heavy (non-hydrogen) atoms. The van der Waals surface area contributed by atoms with Crippen LogP contribution in [0.15, 0.2) is 54.3 Å². The van der Waals surface area contributed by atoms with Crippen LogP contribution >= 0.6 is 0 Å². The summed E-state index contributed by atoms with van der Waals surface area (Å²) >= 11 is 0. The molecule has 1 spiro atoms. The Balaban J connectivity index is 1.20. The van der Waals surface area contributed by atoms with E-state index in [9.17, 15) is 24.9 Å². The molecule has 9 nitrogen and oxygen atoms in total. The second kappa shape index (κ2) is 9.11. The van der Waals surface area contributed by atoms with Crippen molar-refractivity contribution in [2.45, 2.75) is 61.4 Å². The predicted molar refractivity (Wildman–Crippen MR) is 136 cm³/mol. The SMILES string of the molecule is CN1CCC[C@]23c4c5ccc(O)c4O[C@H]2C(OC(=O)CCNC(=O)[C@@H](O)c2ccccc2)=CC[C@@]3(O)[C@H]1C5. The molecule has 2 aliphatic heterocycles. The minimum absolute atomic E-state index is 0.00647. The lowest BCUT2D eigenvalue weighted by molar-refractivity contribution is -0.149. The molecule has 9 heteroatoms. The Kier molecular flexibility index (Phi) is 5.97. The summed E-state index contributed by atoms with van der Waals surface area (Å²) < 4.78 is 12.1. The van der Waals surface area contributed by atoms with E-state index in [1.54, 1.807) is 42.5 Å². The predicted octanol–water partition coefficient (Wildman–Crippen LogP) is 1.84. The number of nitrogens with zero attached hydrogens (tertiary/aromatic N) is 1. The lowest BCUT2D eigenvalue weighted by Gasteiger charge is -2.56. The van der Waals surface area contributed by atoms with Gasteiger partial charge >= 0.3 is 5.97 Å². The van der Waals surface area contributed by atoms with Gasteiger partial charge in [0.25, 0.3) is 5.91 Å². The van der Waals surface area contributed by atoms with Crippen LogP contribution < -0.4 is 10.1 Å². The number of aromatic hydroxyl groups is 1. The normalized spacial score (nSPS) is 29.8. The van der Waals surface area contributed by atoms with Crippen molar-refractivity contribution in [1.82, 2.24) is 10.2 Å². The number of rotatable bonds is 6. The zero-order chi connectivity index (χ0) is 26.7. The zero-order valence-corrected chi connectivity index (χ0v) is 21.2. The number of aliphatic hydroxyl groups excluding tert-OH is 1.